The van der Waals surface area contributed by atoms with Gasteiger partial charge in [-0.1, -0.05) is 59.8 Å². The maximum absolute atomic E-state index is 12.3. The number of aryl methyl sites for hydroxylation is 4. The molecule has 8 heteroatoms. The summed E-state index contributed by atoms with van der Waals surface area (Å²) in [4.78, 5) is 25.6. The Balaban J connectivity index is 1.93. The van der Waals surface area contributed by atoms with Gasteiger partial charge in [-0.15, -0.1) is 0 Å². The lowest BCUT2D eigenvalue weighted by atomic mass is 10.1. The van der Waals surface area contributed by atoms with Crippen molar-refractivity contribution in [3.63, 3.8) is 0 Å². The highest BCUT2D eigenvalue weighted by Crippen LogP contribution is 2.14. The number of amides is 2. The summed E-state index contributed by atoms with van der Waals surface area (Å²) in [6.45, 7) is 7.87. The van der Waals surface area contributed by atoms with E-state index in [4.69, 9.17) is 24.4 Å². The predicted molar refractivity (Wildman–Crippen MR) is 132 cm³/mol. The Hall–Kier alpha value is -2.84. The number of carbonyl (C=O) groups excluding carboxylic acids is 2. The zero-order chi connectivity index (χ0) is 23.3. The molecule has 0 spiro atoms. The van der Waals surface area contributed by atoms with Crippen molar-refractivity contribution in [2.45, 2.75) is 34.1 Å². The van der Waals surface area contributed by atoms with Gasteiger partial charge in [0.1, 0.15) is 16.4 Å². The quantitative estimate of drug-likeness (QED) is 0.418. The number of carbonyl (C=O) groups is 2. The fraction of sp³-hybridized carbons (Fsp3) is 0.304. The van der Waals surface area contributed by atoms with Crippen molar-refractivity contribution in [2.75, 3.05) is 14.1 Å². The summed E-state index contributed by atoms with van der Waals surface area (Å²) in [6, 6.07) is 11.9. The van der Waals surface area contributed by atoms with Crippen molar-refractivity contribution in [1.29, 1.82) is 0 Å². The van der Waals surface area contributed by atoms with Gasteiger partial charge in [-0.05, 0) is 51.0 Å². The molecule has 0 fully saturated rings. The zero-order valence-corrected chi connectivity index (χ0v) is 20.3. The smallest absolute Gasteiger partial charge is 0.248 e. The summed E-state index contributed by atoms with van der Waals surface area (Å²) in [5, 5.41) is 2.91. The number of nitrogens with one attached hydrogen (secondary N) is 2. The third kappa shape index (κ3) is 6.57. The van der Waals surface area contributed by atoms with Crippen LogP contribution in [0.1, 0.15) is 39.8 Å². The van der Waals surface area contributed by atoms with E-state index < -0.39 is 11.8 Å². The van der Waals surface area contributed by atoms with Crippen LogP contribution < -0.4 is 10.9 Å². The molecule has 0 aromatic heterocycles. The molecule has 0 saturated carbocycles. The molecule has 0 aliphatic rings. The van der Waals surface area contributed by atoms with Crippen LogP contribution in [0.2, 0.25) is 0 Å². The number of hydrogen-bond donors (Lipinski definition) is 2. The minimum atomic E-state index is -0.473. The van der Waals surface area contributed by atoms with Crippen molar-refractivity contribution in [3.8, 4) is 0 Å². The van der Waals surface area contributed by atoms with Gasteiger partial charge in [-0.3, -0.25) is 30.5 Å². The molecule has 0 bridgehead atoms. The number of hydrazine groups is 2. The second kappa shape index (κ2) is 10.5. The highest BCUT2D eigenvalue weighted by atomic mass is 32.1. The summed E-state index contributed by atoms with van der Waals surface area (Å²) in [6.07, 6.45) is -0.362. The van der Waals surface area contributed by atoms with E-state index in [2.05, 4.69) is 10.9 Å². The van der Waals surface area contributed by atoms with Crippen LogP contribution in [-0.2, 0) is 9.59 Å². The largest absolute Gasteiger partial charge is 0.277 e. The van der Waals surface area contributed by atoms with E-state index in [1.165, 1.54) is 10.0 Å². The average Bonchev–Trinajstić information content (AvgIpc) is 2.70. The van der Waals surface area contributed by atoms with Crippen LogP contribution in [0.3, 0.4) is 0 Å². The molecule has 164 valence electrons. The summed E-state index contributed by atoms with van der Waals surface area (Å²) in [5.41, 5.74) is 11.2. The summed E-state index contributed by atoms with van der Waals surface area (Å²) >= 11 is 11.0. The maximum atomic E-state index is 12.3. The molecule has 31 heavy (non-hydrogen) atoms. The topological polar surface area (TPSA) is 64.7 Å². The van der Waals surface area contributed by atoms with Crippen molar-refractivity contribution in [3.05, 3.63) is 69.8 Å². The lowest BCUT2D eigenvalue weighted by molar-refractivity contribution is -0.132. The normalized spacial score (nSPS) is 10.3. The first kappa shape index (κ1) is 24.4. The van der Waals surface area contributed by atoms with Gasteiger partial charge in [0.05, 0.1) is 0 Å². The minimum Gasteiger partial charge on any atom is -0.277 e. The van der Waals surface area contributed by atoms with Gasteiger partial charge < -0.3 is 0 Å². The van der Waals surface area contributed by atoms with E-state index in [0.29, 0.717) is 9.98 Å². The van der Waals surface area contributed by atoms with E-state index in [1.54, 1.807) is 14.1 Å². The lowest BCUT2D eigenvalue weighted by Crippen LogP contribution is -2.47. The molecule has 0 saturated heterocycles. The standard InChI is InChI=1S/C23H28N4O2S2/c1-14-7-9-16(3)18(11-14)22(30)26(5)24-20(28)13-21(29)25-27(6)23(31)19-12-15(2)8-10-17(19)4/h7-12H,13H2,1-6H3,(H,24,28)(H,25,29). The lowest BCUT2D eigenvalue weighted by Gasteiger charge is -2.24. The van der Waals surface area contributed by atoms with Crippen LogP contribution in [0.4, 0.5) is 0 Å². The Morgan fingerprint density at radius 3 is 1.45 bits per heavy atom. The fourth-order valence-electron chi connectivity index (χ4n) is 2.99. The number of thiocarbonyl (C=S) groups is 2. The average molecular weight is 457 g/mol. The van der Waals surface area contributed by atoms with Crippen LogP contribution in [-0.4, -0.2) is 45.9 Å². The molecular formula is C23H28N4O2S2. The molecule has 2 amide bonds. The number of benzene rings is 2. The molecule has 0 radical (unpaired) electrons. The molecule has 0 aliphatic heterocycles. The van der Waals surface area contributed by atoms with Crippen molar-refractivity contribution in [1.82, 2.24) is 20.9 Å². The van der Waals surface area contributed by atoms with Gasteiger partial charge >= 0.3 is 0 Å². The van der Waals surface area contributed by atoms with Gasteiger partial charge in [-0.2, -0.15) is 0 Å². The number of rotatable bonds is 4. The van der Waals surface area contributed by atoms with Gasteiger partial charge in [0.2, 0.25) is 11.8 Å². The Morgan fingerprint density at radius 2 is 1.10 bits per heavy atom. The predicted octanol–water partition coefficient (Wildman–Crippen LogP) is 3.29. The highest BCUT2D eigenvalue weighted by Gasteiger charge is 2.18. The molecule has 2 rings (SSSR count). The molecule has 2 N–H and O–H groups in total. The third-order valence-corrected chi connectivity index (χ3v) is 5.75. The highest BCUT2D eigenvalue weighted by molar-refractivity contribution is 7.80. The summed E-state index contributed by atoms with van der Waals surface area (Å²) in [5.74, 6) is -0.947. The molecule has 0 heterocycles. The van der Waals surface area contributed by atoms with Gasteiger partial charge in [0.25, 0.3) is 0 Å². The summed E-state index contributed by atoms with van der Waals surface area (Å²) < 4.78 is 0. The first-order valence-corrected chi connectivity index (χ1v) is 10.6. The van der Waals surface area contributed by atoms with Crippen LogP contribution in [0, 0.1) is 27.7 Å². The van der Waals surface area contributed by atoms with E-state index in [-0.39, 0.29) is 6.42 Å². The Bertz CT molecular complexity index is 955. The summed E-state index contributed by atoms with van der Waals surface area (Å²) in [7, 11) is 3.31. The monoisotopic (exact) mass is 456 g/mol. The Labute approximate surface area is 194 Å². The van der Waals surface area contributed by atoms with Gasteiger partial charge in [0.15, 0.2) is 0 Å². The second-order valence-corrected chi connectivity index (χ2v) is 8.39. The van der Waals surface area contributed by atoms with Crippen molar-refractivity contribution >= 4 is 46.2 Å². The van der Waals surface area contributed by atoms with E-state index in [0.717, 1.165) is 33.4 Å². The number of nitrogens with zero attached hydrogens (tertiary/aromatic N) is 2. The van der Waals surface area contributed by atoms with Crippen LogP contribution in [0.15, 0.2) is 36.4 Å². The Kier molecular flexibility index (Phi) is 8.24. The van der Waals surface area contributed by atoms with Crippen LogP contribution >= 0.6 is 24.4 Å². The van der Waals surface area contributed by atoms with Gasteiger partial charge in [0, 0.05) is 25.2 Å². The van der Waals surface area contributed by atoms with Crippen molar-refractivity contribution in [2.24, 2.45) is 0 Å². The van der Waals surface area contributed by atoms with Crippen molar-refractivity contribution < 1.29 is 9.59 Å². The fourth-order valence-corrected chi connectivity index (χ4v) is 3.53. The first-order chi connectivity index (χ1) is 14.5. The van der Waals surface area contributed by atoms with E-state index in [9.17, 15) is 9.59 Å². The number of hydrogen-bond acceptors (Lipinski definition) is 4. The second-order valence-electron chi connectivity index (χ2n) is 7.61. The first-order valence-electron chi connectivity index (χ1n) is 9.79. The third-order valence-electron chi connectivity index (χ3n) is 4.76. The van der Waals surface area contributed by atoms with Crippen LogP contribution in [0.5, 0.6) is 0 Å². The molecule has 2 aromatic carbocycles. The maximum Gasteiger partial charge on any atom is 0.248 e. The Morgan fingerprint density at radius 1 is 0.742 bits per heavy atom. The van der Waals surface area contributed by atoms with E-state index in [1.807, 2.05) is 64.1 Å². The molecular weight excluding hydrogens is 428 g/mol. The zero-order valence-electron chi connectivity index (χ0n) is 18.7. The van der Waals surface area contributed by atoms with E-state index >= 15 is 0 Å². The molecule has 0 unspecified atom stereocenters. The molecule has 0 atom stereocenters. The van der Waals surface area contributed by atoms with Crippen LogP contribution in [0.25, 0.3) is 0 Å². The minimum absolute atomic E-state index is 0.362. The molecule has 2 aromatic rings. The SMILES string of the molecule is Cc1ccc(C)c(C(=S)N(C)NC(=O)CC(=O)NN(C)C(=S)c2cc(C)ccc2C)c1. The molecule has 0 aliphatic carbocycles. The molecule has 6 nitrogen and oxygen atoms in total. The van der Waals surface area contributed by atoms with Gasteiger partial charge in [-0.25, -0.2) is 0 Å².